The topological polar surface area (TPSA) is 67.4 Å². The molecule has 2 aliphatic heterocycles. The van der Waals surface area contributed by atoms with E-state index in [4.69, 9.17) is 14.2 Å². The van der Waals surface area contributed by atoms with E-state index in [1.807, 2.05) is 24.3 Å². The molecule has 8 heteroatoms. The largest absolute Gasteiger partial charge is 0.493 e. The van der Waals surface area contributed by atoms with Gasteiger partial charge in [-0.25, -0.2) is 0 Å². The van der Waals surface area contributed by atoms with Crippen molar-refractivity contribution in [3.63, 3.8) is 0 Å². The summed E-state index contributed by atoms with van der Waals surface area (Å²) in [7, 11) is 3.48. The zero-order valence-electron chi connectivity index (χ0n) is 16.9. The quantitative estimate of drug-likeness (QED) is 0.246. The molecule has 0 bridgehead atoms. The molecule has 158 valence electrons. The maximum atomic E-state index is 6.00. The molecule has 28 heavy (non-hydrogen) atoms. The first-order valence-corrected chi connectivity index (χ1v) is 9.83. The van der Waals surface area contributed by atoms with E-state index in [1.165, 1.54) is 19.4 Å². The molecule has 0 aliphatic carbocycles. The number of hydrogen-bond donors (Lipinski definition) is 2. The predicted octanol–water partition coefficient (Wildman–Crippen LogP) is 2.57. The Morgan fingerprint density at radius 1 is 1.36 bits per heavy atom. The highest BCUT2D eigenvalue weighted by Crippen LogP contribution is 2.22. The van der Waals surface area contributed by atoms with Crippen LogP contribution in [0.4, 0.5) is 5.69 Å². The van der Waals surface area contributed by atoms with Crippen LogP contribution in [0.15, 0.2) is 29.3 Å². The number of rotatable bonds is 8. The average molecular weight is 504 g/mol. The van der Waals surface area contributed by atoms with Gasteiger partial charge in [0.2, 0.25) is 0 Å². The van der Waals surface area contributed by atoms with E-state index in [9.17, 15) is 0 Å². The molecular weight excluding hydrogens is 471 g/mol. The van der Waals surface area contributed by atoms with Crippen LogP contribution in [-0.4, -0.2) is 76.6 Å². The van der Waals surface area contributed by atoms with Gasteiger partial charge in [-0.05, 0) is 31.5 Å². The van der Waals surface area contributed by atoms with Crippen LogP contribution < -0.4 is 15.4 Å². The molecule has 0 saturated carbocycles. The zero-order chi connectivity index (χ0) is 18.9. The van der Waals surface area contributed by atoms with Crippen molar-refractivity contribution in [2.24, 2.45) is 4.99 Å². The fourth-order valence-electron chi connectivity index (χ4n) is 3.59. The summed E-state index contributed by atoms with van der Waals surface area (Å²) in [5, 5.41) is 6.70. The minimum atomic E-state index is 0. The second-order valence-corrected chi connectivity index (χ2v) is 7.05. The summed E-state index contributed by atoms with van der Waals surface area (Å²) in [4.78, 5) is 6.87. The first-order valence-electron chi connectivity index (χ1n) is 9.83. The third-order valence-corrected chi connectivity index (χ3v) is 5.04. The lowest BCUT2D eigenvalue weighted by Gasteiger charge is -2.35. The minimum absolute atomic E-state index is 0. The third-order valence-electron chi connectivity index (χ3n) is 5.04. The fourth-order valence-corrected chi connectivity index (χ4v) is 3.59. The Morgan fingerprint density at radius 2 is 2.25 bits per heavy atom. The number of ether oxygens (including phenoxy) is 3. The van der Waals surface area contributed by atoms with Gasteiger partial charge in [-0.15, -0.1) is 24.0 Å². The van der Waals surface area contributed by atoms with Crippen LogP contribution in [0.25, 0.3) is 0 Å². The van der Waals surface area contributed by atoms with E-state index in [0.29, 0.717) is 19.3 Å². The Bertz CT molecular complexity index is 617. The number of morpholine rings is 1. The Labute approximate surface area is 185 Å². The first-order chi connectivity index (χ1) is 13.3. The van der Waals surface area contributed by atoms with Crippen LogP contribution in [0, 0.1) is 0 Å². The number of aliphatic imine (C=N–C) groups is 1. The van der Waals surface area contributed by atoms with E-state index >= 15 is 0 Å². The van der Waals surface area contributed by atoms with Crippen molar-refractivity contribution < 1.29 is 14.2 Å². The molecular formula is C20H33IN4O3. The number of benzene rings is 1. The molecule has 2 unspecified atom stereocenters. The smallest absolute Gasteiger partial charge is 0.195 e. The molecule has 3 rings (SSSR count). The second-order valence-electron chi connectivity index (χ2n) is 7.05. The Kier molecular flexibility index (Phi) is 10.3. The Hall–Kier alpha value is -1.10. The average Bonchev–Trinajstić information content (AvgIpc) is 3.16. The van der Waals surface area contributed by atoms with Crippen molar-refractivity contribution >= 4 is 35.6 Å². The van der Waals surface area contributed by atoms with Crippen molar-refractivity contribution in [1.82, 2.24) is 10.2 Å². The molecule has 0 amide bonds. The molecule has 2 atom stereocenters. The van der Waals surface area contributed by atoms with E-state index < -0.39 is 0 Å². The van der Waals surface area contributed by atoms with Gasteiger partial charge in [0.15, 0.2) is 5.96 Å². The SMILES string of the molecule is CN=C(NCC1CN2CCCC2CO1)Nc1cccc(OCCCOC)c1.I. The van der Waals surface area contributed by atoms with Crippen LogP contribution in [0.2, 0.25) is 0 Å². The van der Waals surface area contributed by atoms with Gasteiger partial charge < -0.3 is 24.8 Å². The lowest BCUT2D eigenvalue weighted by molar-refractivity contribution is -0.0452. The zero-order valence-corrected chi connectivity index (χ0v) is 19.2. The normalized spacial score (nSPS) is 22.3. The molecule has 2 heterocycles. The van der Waals surface area contributed by atoms with Crippen molar-refractivity contribution in [2.75, 3.05) is 58.9 Å². The van der Waals surface area contributed by atoms with Gasteiger partial charge in [-0.1, -0.05) is 6.07 Å². The molecule has 0 aromatic heterocycles. The number of nitrogens with one attached hydrogen (secondary N) is 2. The molecule has 0 radical (unpaired) electrons. The van der Waals surface area contributed by atoms with Gasteiger partial charge in [-0.3, -0.25) is 9.89 Å². The number of nitrogens with zero attached hydrogens (tertiary/aromatic N) is 2. The van der Waals surface area contributed by atoms with Crippen LogP contribution in [0.5, 0.6) is 5.75 Å². The minimum Gasteiger partial charge on any atom is -0.493 e. The van der Waals surface area contributed by atoms with Crippen LogP contribution in [-0.2, 0) is 9.47 Å². The van der Waals surface area contributed by atoms with Crippen LogP contribution in [0.3, 0.4) is 0 Å². The number of fused-ring (bicyclic) bond motifs is 1. The van der Waals surface area contributed by atoms with Crippen molar-refractivity contribution in [3.8, 4) is 5.75 Å². The summed E-state index contributed by atoms with van der Waals surface area (Å²) in [6, 6.07) is 8.53. The van der Waals surface area contributed by atoms with Crippen molar-refractivity contribution in [1.29, 1.82) is 0 Å². The summed E-state index contributed by atoms with van der Waals surface area (Å²) in [5.74, 6) is 1.57. The Balaban J connectivity index is 0.00000280. The number of hydrogen-bond acceptors (Lipinski definition) is 5. The molecule has 2 fully saturated rings. The maximum absolute atomic E-state index is 6.00. The van der Waals surface area contributed by atoms with Gasteiger partial charge >= 0.3 is 0 Å². The summed E-state index contributed by atoms with van der Waals surface area (Å²) in [5.41, 5.74) is 0.941. The Morgan fingerprint density at radius 3 is 3.07 bits per heavy atom. The number of methoxy groups -OCH3 is 1. The molecule has 0 spiro atoms. The lowest BCUT2D eigenvalue weighted by Crippen LogP contribution is -2.50. The fraction of sp³-hybridized carbons (Fsp3) is 0.650. The number of guanidine groups is 1. The van der Waals surface area contributed by atoms with Gasteiger partial charge in [0, 0.05) is 58.1 Å². The van der Waals surface area contributed by atoms with E-state index in [0.717, 1.165) is 43.5 Å². The highest BCUT2D eigenvalue weighted by atomic mass is 127. The molecule has 2 saturated heterocycles. The van der Waals surface area contributed by atoms with Gasteiger partial charge in [0.25, 0.3) is 0 Å². The molecule has 2 N–H and O–H groups in total. The van der Waals surface area contributed by atoms with E-state index in [-0.39, 0.29) is 30.1 Å². The van der Waals surface area contributed by atoms with Crippen LogP contribution in [0.1, 0.15) is 19.3 Å². The molecule has 1 aromatic carbocycles. The van der Waals surface area contributed by atoms with E-state index in [1.54, 1.807) is 14.2 Å². The highest BCUT2D eigenvalue weighted by molar-refractivity contribution is 14.0. The van der Waals surface area contributed by atoms with Crippen molar-refractivity contribution in [3.05, 3.63) is 24.3 Å². The molecule has 7 nitrogen and oxygen atoms in total. The van der Waals surface area contributed by atoms with Gasteiger partial charge in [-0.2, -0.15) is 0 Å². The summed E-state index contributed by atoms with van der Waals surface area (Å²) in [6.45, 7) is 5.14. The third kappa shape index (κ3) is 7.06. The first kappa shape index (κ1) is 23.2. The van der Waals surface area contributed by atoms with Gasteiger partial charge in [0.05, 0.1) is 19.3 Å². The molecule has 1 aromatic rings. The van der Waals surface area contributed by atoms with E-state index in [2.05, 4.69) is 20.5 Å². The summed E-state index contributed by atoms with van der Waals surface area (Å²) in [6.07, 6.45) is 3.64. The number of anilines is 1. The number of halogens is 1. The van der Waals surface area contributed by atoms with Gasteiger partial charge in [0.1, 0.15) is 5.75 Å². The van der Waals surface area contributed by atoms with Crippen LogP contribution >= 0.6 is 24.0 Å². The summed E-state index contributed by atoms with van der Waals surface area (Å²) < 4.78 is 16.8. The van der Waals surface area contributed by atoms with Crippen molar-refractivity contribution in [2.45, 2.75) is 31.4 Å². The predicted molar refractivity (Wildman–Crippen MR) is 123 cm³/mol. The monoisotopic (exact) mass is 504 g/mol. The second kappa shape index (κ2) is 12.5. The standard InChI is InChI=1S/C20H32N4O3.HI/c1-21-20(22-13-19-14-24-9-4-7-17(24)15-27-19)23-16-6-3-8-18(12-16)26-11-5-10-25-2;/h3,6,8,12,17,19H,4-5,7,9-11,13-15H2,1-2H3,(H2,21,22,23);1H. The lowest BCUT2D eigenvalue weighted by atomic mass is 10.2. The molecule has 2 aliphatic rings. The maximum Gasteiger partial charge on any atom is 0.195 e. The summed E-state index contributed by atoms with van der Waals surface area (Å²) >= 11 is 0. The highest BCUT2D eigenvalue weighted by Gasteiger charge is 2.32.